The van der Waals surface area contributed by atoms with Gasteiger partial charge in [0.25, 0.3) is 5.82 Å². The first kappa shape index (κ1) is 30.2. The molecule has 1 heterocycles. The molecule has 2 nitrogen and oxygen atoms in total. The Balaban J connectivity index is 2.04. The Morgan fingerprint density at radius 2 is 0.970 bits per heavy atom. The van der Waals surface area contributed by atoms with E-state index in [0.29, 0.717) is 12.0 Å². The third-order valence-electron chi connectivity index (χ3n) is 7.65. The molecule has 1 aromatic heterocycles. The Hall–Kier alpha value is -0.790. The van der Waals surface area contributed by atoms with Gasteiger partial charge in [0.2, 0.25) is 0 Å². The van der Waals surface area contributed by atoms with Gasteiger partial charge in [0.15, 0.2) is 0 Å². The van der Waals surface area contributed by atoms with Gasteiger partial charge in [0.1, 0.15) is 12.4 Å². The number of rotatable bonds is 24. The molecule has 33 heavy (non-hydrogen) atoms. The number of hydrogen-bond acceptors (Lipinski definition) is 0. The lowest BCUT2D eigenvalue weighted by Crippen LogP contribution is -2.40. The van der Waals surface area contributed by atoms with Crippen molar-refractivity contribution >= 4 is 0 Å². The molecule has 0 radical (unpaired) electrons. The van der Waals surface area contributed by atoms with Crippen molar-refractivity contribution < 1.29 is 4.57 Å². The molecule has 1 rings (SSSR count). The molecule has 0 aliphatic heterocycles. The maximum atomic E-state index is 3.57. The zero-order valence-corrected chi connectivity index (χ0v) is 23.3. The largest absolute Gasteiger partial charge is 0.257 e. The van der Waals surface area contributed by atoms with Crippen LogP contribution in [0.1, 0.15) is 187 Å². The standard InChI is InChI=1S/C31H60N2/c1-5-7-9-11-13-14-15-16-17-18-19-20-21-23-25-29(3)31-32-27-28-33(31)30(4)26-24-22-12-10-8-6-2/h27-30H,5-26H2,1-4H3/p+1. The molecule has 0 amide bonds. The average Bonchev–Trinajstić information content (AvgIpc) is 3.31. The fourth-order valence-corrected chi connectivity index (χ4v) is 5.28. The third-order valence-corrected chi connectivity index (χ3v) is 7.65. The lowest BCUT2D eigenvalue weighted by Gasteiger charge is -2.14. The maximum absolute atomic E-state index is 3.57. The zero-order chi connectivity index (χ0) is 24.0. The van der Waals surface area contributed by atoms with Crippen molar-refractivity contribution in [2.24, 2.45) is 0 Å². The van der Waals surface area contributed by atoms with Crippen molar-refractivity contribution in [1.82, 2.24) is 4.98 Å². The fourth-order valence-electron chi connectivity index (χ4n) is 5.28. The van der Waals surface area contributed by atoms with E-state index in [2.05, 4.69) is 49.6 Å². The molecular weight excluding hydrogens is 400 g/mol. The van der Waals surface area contributed by atoms with E-state index < -0.39 is 0 Å². The van der Waals surface area contributed by atoms with Crippen LogP contribution in [-0.4, -0.2) is 4.98 Å². The van der Waals surface area contributed by atoms with E-state index in [4.69, 9.17) is 0 Å². The van der Waals surface area contributed by atoms with Gasteiger partial charge in [-0.25, -0.2) is 9.55 Å². The van der Waals surface area contributed by atoms with Crippen LogP contribution in [-0.2, 0) is 0 Å². The van der Waals surface area contributed by atoms with Gasteiger partial charge in [-0.05, 0) is 26.2 Å². The average molecular weight is 462 g/mol. The van der Waals surface area contributed by atoms with Crippen molar-refractivity contribution in [1.29, 1.82) is 0 Å². The molecule has 0 saturated carbocycles. The quantitative estimate of drug-likeness (QED) is 0.117. The predicted molar refractivity (Wildman–Crippen MR) is 147 cm³/mol. The molecule has 0 aliphatic carbocycles. The molecule has 2 unspecified atom stereocenters. The number of imidazole rings is 1. The summed E-state index contributed by atoms with van der Waals surface area (Å²) in [6.07, 6.45) is 35.6. The summed E-state index contributed by atoms with van der Waals surface area (Å²) in [5, 5.41) is 0. The van der Waals surface area contributed by atoms with Crippen molar-refractivity contribution in [3.8, 4) is 0 Å². The first-order valence-corrected chi connectivity index (χ1v) is 15.3. The molecule has 0 spiro atoms. The third kappa shape index (κ3) is 15.7. The molecule has 1 N–H and O–H groups in total. The molecule has 0 saturated heterocycles. The second-order valence-corrected chi connectivity index (χ2v) is 10.9. The Morgan fingerprint density at radius 3 is 1.42 bits per heavy atom. The Bertz CT molecular complexity index is 521. The minimum atomic E-state index is 0.621. The molecule has 194 valence electrons. The number of hydrogen-bond donors (Lipinski definition) is 1. The van der Waals surface area contributed by atoms with Gasteiger partial charge in [-0.15, -0.1) is 0 Å². The smallest absolute Gasteiger partial charge is 0.247 e. The van der Waals surface area contributed by atoms with Gasteiger partial charge in [0.05, 0.1) is 12.0 Å². The van der Waals surface area contributed by atoms with Crippen LogP contribution in [0, 0.1) is 0 Å². The minimum absolute atomic E-state index is 0.621. The topological polar surface area (TPSA) is 19.7 Å². The predicted octanol–water partition coefficient (Wildman–Crippen LogP) is 10.6. The van der Waals surface area contributed by atoms with Crippen molar-refractivity contribution in [2.75, 3.05) is 0 Å². The highest BCUT2D eigenvalue weighted by Gasteiger charge is 2.22. The fraction of sp³-hybridized carbons (Fsp3) is 0.903. The van der Waals surface area contributed by atoms with Crippen LogP contribution in [0.25, 0.3) is 0 Å². The highest BCUT2D eigenvalue weighted by molar-refractivity contribution is 4.87. The molecular formula is C31H61N2+. The number of aromatic amines is 1. The monoisotopic (exact) mass is 461 g/mol. The van der Waals surface area contributed by atoms with Crippen LogP contribution >= 0.6 is 0 Å². The van der Waals surface area contributed by atoms with Gasteiger partial charge in [0, 0.05) is 0 Å². The first-order chi connectivity index (χ1) is 16.2. The van der Waals surface area contributed by atoms with Crippen LogP contribution in [0.4, 0.5) is 0 Å². The molecule has 0 fully saturated rings. The van der Waals surface area contributed by atoms with E-state index in [1.165, 1.54) is 147 Å². The Morgan fingerprint density at radius 1 is 0.576 bits per heavy atom. The Labute approximate surface area is 208 Å². The normalized spacial score (nSPS) is 13.5. The number of aromatic nitrogens is 2. The van der Waals surface area contributed by atoms with E-state index in [9.17, 15) is 0 Å². The van der Waals surface area contributed by atoms with E-state index in [-0.39, 0.29) is 0 Å². The summed E-state index contributed by atoms with van der Waals surface area (Å²) in [7, 11) is 0. The van der Waals surface area contributed by atoms with Gasteiger partial charge in [-0.1, -0.05) is 143 Å². The van der Waals surface area contributed by atoms with E-state index >= 15 is 0 Å². The summed E-state index contributed by atoms with van der Waals surface area (Å²) in [4.78, 5) is 3.57. The molecule has 2 heteroatoms. The zero-order valence-electron chi connectivity index (χ0n) is 23.3. The first-order valence-electron chi connectivity index (χ1n) is 15.3. The summed E-state index contributed by atoms with van der Waals surface area (Å²) in [6.45, 7) is 9.42. The lowest BCUT2D eigenvalue weighted by atomic mass is 9.99. The number of unbranched alkanes of at least 4 members (excludes halogenated alkanes) is 18. The molecule has 0 aromatic carbocycles. The summed E-state index contributed by atoms with van der Waals surface area (Å²) in [5.74, 6) is 2.09. The summed E-state index contributed by atoms with van der Waals surface area (Å²) in [5.41, 5.74) is 0. The lowest BCUT2D eigenvalue weighted by molar-refractivity contribution is -0.727. The van der Waals surface area contributed by atoms with Crippen molar-refractivity contribution in [3.63, 3.8) is 0 Å². The minimum Gasteiger partial charge on any atom is -0.247 e. The van der Waals surface area contributed by atoms with Gasteiger partial charge in [-0.3, -0.25) is 0 Å². The highest BCUT2D eigenvalue weighted by atomic mass is 15.1. The van der Waals surface area contributed by atoms with E-state index in [1.807, 2.05) is 0 Å². The molecule has 1 aromatic rings. The van der Waals surface area contributed by atoms with Crippen LogP contribution in [0.5, 0.6) is 0 Å². The SMILES string of the molecule is CCCCCCCCCCCCCCCCC(C)c1[nH]cc[n+]1C(C)CCCCCCCC. The van der Waals surface area contributed by atoms with Gasteiger partial charge >= 0.3 is 0 Å². The number of nitrogens with zero attached hydrogens (tertiary/aromatic N) is 1. The molecule has 0 bridgehead atoms. The second kappa shape index (κ2) is 21.7. The molecule has 0 aliphatic rings. The maximum Gasteiger partial charge on any atom is 0.257 e. The summed E-state index contributed by atoms with van der Waals surface area (Å²) >= 11 is 0. The summed E-state index contributed by atoms with van der Waals surface area (Å²) < 4.78 is 2.53. The number of nitrogens with one attached hydrogen (secondary N) is 1. The van der Waals surface area contributed by atoms with Gasteiger partial charge in [-0.2, -0.15) is 0 Å². The van der Waals surface area contributed by atoms with Crippen LogP contribution < -0.4 is 4.57 Å². The van der Waals surface area contributed by atoms with Gasteiger partial charge < -0.3 is 0 Å². The Kier molecular flexibility index (Phi) is 19.9. The second-order valence-electron chi connectivity index (χ2n) is 10.9. The molecule has 2 atom stereocenters. The summed E-state index contributed by atoms with van der Waals surface area (Å²) in [6, 6.07) is 0.621. The van der Waals surface area contributed by atoms with Crippen LogP contribution in [0.15, 0.2) is 12.4 Å². The van der Waals surface area contributed by atoms with E-state index in [0.717, 1.165) is 0 Å². The number of H-pyrrole nitrogens is 1. The van der Waals surface area contributed by atoms with Crippen molar-refractivity contribution in [2.45, 2.75) is 181 Å². The van der Waals surface area contributed by atoms with Crippen LogP contribution in [0.2, 0.25) is 0 Å². The highest BCUT2D eigenvalue weighted by Crippen LogP contribution is 2.21. The van der Waals surface area contributed by atoms with E-state index in [1.54, 1.807) is 0 Å². The van der Waals surface area contributed by atoms with Crippen molar-refractivity contribution in [3.05, 3.63) is 18.2 Å². The van der Waals surface area contributed by atoms with Crippen LogP contribution in [0.3, 0.4) is 0 Å².